The highest BCUT2D eigenvalue weighted by atomic mass is 32.1. The van der Waals surface area contributed by atoms with Crippen LogP contribution in [-0.2, 0) is 4.74 Å². The molecule has 2 aromatic carbocycles. The molecule has 0 aliphatic rings. The highest BCUT2D eigenvalue weighted by molar-refractivity contribution is 7.13. The highest BCUT2D eigenvalue weighted by Gasteiger charge is 2.18. The van der Waals surface area contributed by atoms with Crippen molar-refractivity contribution < 1.29 is 9.53 Å². The molecule has 0 radical (unpaired) electrons. The van der Waals surface area contributed by atoms with Gasteiger partial charge in [-0.15, -0.1) is 11.3 Å². The van der Waals surface area contributed by atoms with Crippen molar-refractivity contribution in [2.45, 2.75) is 20.0 Å². The third-order valence-electron chi connectivity index (χ3n) is 5.22. The summed E-state index contributed by atoms with van der Waals surface area (Å²) < 4.78 is 5.33. The molecular formula is C25H24N4O2S. The second kappa shape index (κ2) is 9.72. The Morgan fingerprint density at radius 1 is 1.12 bits per heavy atom. The molecule has 2 heterocycles. The number of aromatic nitrogens is 2. The summed E-state index contributed by atoms with van der Waals surface area (Å²) in [6.07, 6.45) is 5.30. The Kier molecular flexibility index (Phi) is 6.58. The molecule has 1 unspecified atom stereocenters. The van der Waals surface area contributed by atoms with E-state index in [4.69, 9.17) is 4.74 Å². The van der Waals surface area contributed by atoms with Crippen LogP contribution in [0.1, 0.15) is 34.5 Å². The molecule has 4 aromatic rings. The van der Waals surface area contributed by atoms with Crippen molar-refractivity contribution in [2.24, 2.45) is 0 Å². The summed E-state index contributed by atoms with van der Waals surface area (Å²) in [5.41, 5.74) is 5.20. The maximum Gasteiger partial charge on any atom is 0.255 e. The Morgan fingerprint density at radius 2 is 1.94 bits per heavy atom. The molecule has 1 atom stereocenters. The number of carbonyl (C=O) groups excluding carboxylic acids is 1. The largest absolute Gasteiger partial charge is 0.377 e. The summed E-state index contributed by atoms with van der Waals surface area (Å²) >= 11 is 1.54. The van der Waals surface area contributed by atoms with Crippen LogP contribution in [0.5, 0.6) is 0 Å². The number of amides is 1. The molecule has 0 spiro atoms. The van der Waals surface area contributed by atoms with E-state index in [0.717, 1.165) is 27.6 Å². The molecule has 1 amide bonds. The summed E-state index contributed by atoms with van der Waals surface area (Å²) in [6, 6.07) is 17.2. The van der Waals surface area contributed by atoms with Gasteiger partial charge in [-0.05, 0) is 61.4 Å². The average molecular weight is 445 g/mol. The van der Waals surface area contributed by atoms with Gasteiger partial charge in [0.25, 0.3) is 5.91 Å². The number of nitrogens with one attached hydrogen (secondary N) is 1. The van der Waals surface area contributed by atoms with Crippen LogP contribution in [-0.4, -0.2) is 23.0 Å². The summed E-state index contributed by atoms with van der Waals surface area (Å²) in [7, 11) is 1.67. The zero-order valence-corrected chi connectivity index (χ0v) is 19.0. The molecule has 0 saturated heterocycles. The van der Waals surface area contributed by atoms with Gasteiger partial charge >= 0.3 is 0 Å². The van der Waals surface area contributed by atoms with E-state index in [1.54, 1.807) is 37.0 Å². The fraction of sp³-hybridized carbons (Fsp3) is 0.160. The van der Waals surface area contributed by atoms with E-state index in [-0.39, 0.29) is 12.0 Å². The summed E-state index contributed by atoms with van der Waals surface area (Å²) in [4.78, 5) is 23.7. The van der Waals surface area contributed by atoms with E-state index in [1.807, 2.05) is 78.7 Å². The quantitative estimate of drug-likeness (QED) is 0.363. The summed E-state index contributed by atoms with van der Waals surface area (Å²) in [6.45, 7) is 4.01. The van der Waals surface area contributed by atoms with Crippen molar-refractivity contribution in [1.82, 2.24) is 9.97 Å². The monoisotopic (exact) mass is 444 g/mol. The zero-order valence-electron chi connectivity index (χ0n) is 18.1. The van der Waals surface area contributed by atoms with E-state index in [9.17, 15) is 4.79 Å². The number of aryl methyl sites for hydroxylation is 1. The zero-order chi connectivity index (χ0) is 22.5. The van der Waals surface area contributed by atoms with Gasteiger partial charge in [0, 0.05) is 36.1 Å². The minimum Gasteiger partial charge on any atom is -0.377 e. The number of thiazole rings is 1. The smallest absolute Gasteiger partial charge is 0.255 e. The fourth-order valence-corrected chi connectivity index (χ4v) is 4.01. The lowest BCUT2D eigenvalue weighted by molar-refractivity contribution is 0.102. The normalized spacial score (nSPS) is 11.7. The van der Waals surface area contributed by atoms with E-state index >= 15 is 0 Å². The number of anilines is 4. The van der Waals surface area contributed by atoms with E-state index in [2.05, 4.69) is 15.3 Å². The first-order valence-corrected chi connectivity index (χ1v) is 11.1. The molecule has 162 valence electrons. The van der Waals surface area contributed by atoms with Gasteiger partial charge in [0.15, 0.2) is 5.13 Å². The summed E-state index contributed by atoms with van der Waals surface area (Å²) in [5.74, 6) is -0.168. The standard InChI is InChI=1S/C25H24N4O2S/c1-17-6-11-21(28-24(30)20-9-7-19(8-10-20)18(2)31-3)15-23(17)29(25-27-13-14-32-25)22-5-4-12-26-16-22/h4-16,18H,1-3H3,(H,28,30). The third kappa shape index (κ3) is 4.69. The topological polar surface area (TPSA) is 67.3 Å². The molecule has 0 fully saturated rings. The summed E-state index contributed by atoms with van der Waals surface area (Å²) in [5, 5.41) is 5.78. The number of methoxy groups -OCH3 is 1. The van der Waals surface area contributed by atoms with Gasteiger partial charge in [0.2, 0.25) is 0 Å². The van der Waals surface area contributed by atoms with Gasteiger partial charge in [-0.1, -0.05) is 18.2 Å². The lowest BCUT2D eigenvalue weighted by atomic mass is 10.1. The van der Waals surface area contributed by atoms with Crippen LogP contribution in [0.15, 0.2) is 78.6 Å². The molecule has 6 nitrogen and oxygen atoms in total. The predicted octanol–water partition coefficient (Wildman–Crippen LogP) is 6.28. The first-order chi connectivity index (χ1) is 15.6. The Morgan fingerprint density at radius 3 is 2.59 bits per heavy atom. The number of hydrogen-bond donors (Lipinski definition) is 1. The molecule has 2 aromatic heterocycles. The second-order valence-corrected chi connectivity index (χ2v) is 8.19. The molecule has 32 heavy (non-hydrogen) atoms. The van der Waals surface area contributed by atoms with Gasteiger partial charge in [-0.2, -0.15) is 0 Å². The SMILES string of the molecule is COC(C)c1ccc(C(=O)Nc2ccc(C)c(N(c3cccnc3)c3nccs3)c2)cc1. The van der Waals surface area contributed by atoms with Crippen molar-refractivity contribution in [3.63, 3.8) is 0 Å². The number of rotatable bonds is 7. The molecule has 0 aliphatic carbocycles. The van der Waals surface area contributed by atoms with Crippen LogP contribution in [0.4, 0.5) is 22.2 Å². The Labute approximate surface area is 191 Å². The number of ether oxygens (including phenoxy) is 1. The van der Waals surface area contributed by atoms with Gasteiger partial charge in [0.1, 0.15) is 0 Å². The number of benzene rings is 2. The van der Waals surface area contributed by atoms with Gasteiger partial charge in [-0.3, -0.25) is 14.7 Å². The Hall–Kier alpha value is -3.55. The van der Waals surface area contributed by atoms with Crippen LogP contribution >= 0.6 is 11.3 Å². The highest BCUT2D eigenvalue weighted by Crippen LogP contribution is 2.38. The van der Waals surface area contributed by atoms with Crippen molar-refractivity contribution in [3.8, 4) is 0 Å². The van der Waals surface area contributed by atoms with Crippen LogP contribution in [0.3, 0.4) is 0 Å². The maximum absolute atomic E-state index is 12.9. The lowest BCUT2D eigenvalue weighted by Gasteiger charge is -2.24. The maximum atomic E-state index is 12.9. The minimum atomic E-state index is -0.168. The minimum absolute atomic E-state index is 0.0175. The van der Waals surface area contributed by atoms with E-state index in [0.29, 0.717) is 11.3 Å². The van der Waals surface area contributed by atoms with Gasteiger partial charge in [0.05, 0.1) is 23.7 Å². The van der Waals surface area contributed by atoms with Gasteiger partial charge in [-0.25, -0.2) is 4.98 Å². The molecule has 0 bridgehead atoms. The Balaban J connectivity index is 1.63. The van der Waals surface area contributed by atoms with Crippen molar-refractivity contribution in [3.05, 3.63) is 95.3 Å². The van der Waals surface area contributed by atoms with Crippen LogP contribution < -0.4 is 10.2 Å². The first-order valence-electron chi connectivity index (χ1n) is 10.2. The molecule has 0 saturated carbocycles. The van der Waals surface area contributed by atoms with Gasteiger partial charge < -0.3 is 10.1 Å². The van der Waals surface area contributed by atoms with Crippen LogP contribution in [0.25, 0.3) is 0 Å². The number of hydrogen-bond acceptors (Lipinski definition) is 6. The van der Waals surface area contributed by atoms with E-state index < -0.39 is 0 Å². The van der Waals surface area contributed by atoms with Crippen LogP contribution in [0, 0.1) is 6.92 Å². The third-order valence-corrected chi connectivity index (χ3v) is 5.98. The van der Waals surface area contributed by atoms with Crippen molar-refractivity contribution >= 4 is 39.4 Å². The second-order valence-electron chi connectivity index (χ2n) is 7.32. The molecule has 1 N–H and O–H groups in total. The Bertz CT molecular complexity index is 1180. The number of carbonyl (C=O) groups is 1. The first kappa shape index (κ1) is 21.7. The van der Waals surface area contributed by atoms with Crippen LogP contribution in [0.2, 0.25) is 0 Å². The van der Waals surface area contributed by atoms with E-state index in [1.165, 1.54) is 0 Å². The fourth-order valence-electron chi connectivity index (χ4n) is 3.34. The van der Waals surface area contributed by atoms with Crippen molar-refractivity contribution in [2.75, 3.05) is 17.3 Å². The molecule has 4 rings (SSSR count). The molecular weight excluding hydrogens is 420 g/mol. The number of nitrogens with zero attached hydrogens (tertiary/aromatic N) is 3. The predicted molar refractivity (Wildman–Crippen MR) is 129 cm³/mol. The van der Waals surface area contributed by atoms with Crippen molar-refractivity contribution in [1.29, 1.82) is 0 Å². The lowest BCUT2D eigenvalue weighted by Crippen LogP contribution is -2.14. The molecule has 7 heteroatoms. The number of pyridine rings is 1. The average Bonchev–Trinajstić information content (AvgIpc) is 3.36. The molecule has 0 aliphatic heterocycles.